The van der Waals surface area contributed by atoms with Crippen LogP contribution in [0.3, 0.4) is 0 Å². The van der Waals surface area contributed by atoms with Crippen molar-refractivity contribution in [3.05, 3.63) is 11.0 Å². The second-order valence-electron chi connectivity index (χ2n) is 4.01. The predicted molar refractivity (Wildman–Crippen MR) is 63.6 cm³/mol. The molecule has 0 radical (unpaired) electrons. The molecule has 0 spiro atoms. The first-order valence-corrected chi connectivity index (χ1v) is 5.57. The monoisotopic (exact) mass is 242 g/mol. The van der Waals surface area contributed by atoms with E-state index >= 15 is 0 Å². The minimum Gasteiger partial charge on any atom is -0.394 e. The van der Waals surface area contributed by atoms with E-state index in [0.717, 1.165) is 12.8 Å². The molecular formula is C10H15ClN4O. The molecule has 0 saturated heterocycles. The lowest BCUT2D eigenvalue weighted by atomic mass is 9.89. The van der Waals surface area contributed by atoms with Gasteiger partial charge in [-0.15, -0.1) is 0 Å². The van der Waals surface area contributed by atoms with Crippen LogP contribution >= 0.6 is 11.6 Å². The average Bonchev–Trinajstić information content (AvgIpc) is 2.17. The third-order valence-electron chi connectivity index (χ3n) is 2.88. The summed E-state index contributed by atoms with van der Waals surface area (Å²) in [7, 11) is 1.72. The van der Waals surface area contributed by atoms with Crippen LogP contribution in [0.25, 0.3) is 0 Å². The van der Waals surface area contributed by atoms with Crippen molar-refractivity contribution in [1.29, 1.82) is 0 Å². The molecule has 1 aliphatic rings. The van der Waals surface area contributed by atoms with Crippen LogP contribution in [0.15, 0.2) is 0 Å². The standard InChI is InChI=1S/C10H15ClN4O/c1-5-8(12)9(15-10(11)13-5)14-6-3-7(4-6)16-2/h6-7H,3-4,12H2,1-2H3,(H,13,14,15). The summed E-state index contributed by atoms with van der Waals surface area (Å²) in [5.74, 6) is 0.622. The summed E-state index contributed by atoms with van der Waals surface area (Å²) >= 11 is 5.78. The zero-order valence-electron chi connectivity index (χ0n) is 9.33. The fourth-order valence-electron chi connectivity index (χ4n) is 1.73. The van der Waals surface area contributed by atoms with Crippen molar-refractivity contribution >= 4 is 23.1 Å². The van der Waals surface area contributed by atoms with Crippen molar-refractivity contribution < 1.29 is 4.74 Å². The Morgan fingerprint density at radius 2 is 2.12 bits per heavy atom. The molecule has 6 heteroatoms. The molecule has 1 fully saturated rings. The number of nitrogen functional groups attached to an aromatic ring is 1. The molecule has 88 valence electrons. The lowest BCUT2D eigenvalue weighted by molar-refractivity contribution is 0.0328. The second-order valence-corrected chi connectivity index (χ2v) is 4.35. The molecule has 5 nitrogen and oxygen atoms in total. The molecule has 0 amide bonds. The van der Waals surface area contributed by atoms with Crippen LogP contribution in [0.1, 0.15) is 18.5 Å². The normalized spacial score (nSPS) is 23.9. The van der Waals surface area contributed by atoms with Crippen LogP contribution in [-0.2, 0) is 4.74 Å². The number of anilines is 2. The summed E-state index contributed by atoms with van der Waals surface area (Å²) in [5, 5.41) is 3.47. The summed E-state index contributed by atoms with van der Waals surface area (Å²) < 4.78 is 5.20. The smallest absolute Gasteiger partial charge is 0.224 e. The molecule has 1 aromatic rings. The number of hydrogen-bond donors (Lipinski definition) is 2. The van der Waals surface area contributed by atoms with Crippen LogP contribution in [0.4, 0.5) is 11.5 Å². The molecule has 0 bridgehead atoms. The van der Waals surface area contributed by atoms with Crippen LogP contribution < -0.4 is 11.1 Å². The van der Waals surface area contributed by atoms with E-state index in [2.05, 4.69) is 15.3 Å². The lowest BCUT2D eigenvalue weighted by Gasteiger charge is -2.35. The van der Waals surface area contributed by atoms with Gasteiger partial charge < -0.3 is 15.8 Å². The zero-order chi connectivity index (χ0) is 11.7. The summed E-state index contributed by atoms with van der Waals surface area (Å²) in [5.41, 5.74) is 7.13. The first-order valence-electron chi connectivity index (χ1n) is 5.19. The lowest BCUT2D eigenvalue weighted by Crippen LogP contribution is -2.40. The molecule has 0 aliphatic heterocycles. The third-order valence-corrected chi connectivity index (χ3v) is 3.05. The Morgan fingerprint density at radius 1 is 1.44 bits per heavy atom. The topological polar surface area (TPSA) is 73.1 Å². The average molecular weight is 243 g/mol. The molecule has 0 aromatic carbocycles. The highest BCUT2D eigenvalue weighted by Gasteiger charge is 2.29. The van der Waals surface area contributed by atoms with E-state index in [4.69, 9.17) is 22.1 Å². The van der Waals surface area contributed by atoms with Gasteiger partial charge in [0, 0.05) is 13.2 Å². The van der Waals surface area contributed by atoms with E-state index in [1.54, 1.807) is 7.11 Å². The highest BCUT2D eigenvalue weighted by molar-refractivity contribution is 6.28. The number of aryl methyl sites for hydroxylation is 1. The number of ether oxygens (including phenoxy) is 1. The Labute approximate surface area is 99.4 Å². The van der Waals surface area contributed by atoms with E-state index in [9.17, 15) is 0 Å². The maximum absolute atomic E-state index is 5.87. The van der Waals surface area contributed by atoms with Gasteiger partial charge in [0.05, 0.1) is 17.5 Å². The van der Waals surface area contributed by atoms with E-state index in [-0.39, 0.29) is 5.28 Å². The Balaban J connectivity index is 2.05. The quantitative estimate of drug-likeness (QED) is 0.788. The van der Waals surface area contributed by atoms with E-state index in [1.807, 2.05) is 6.92 Å². The number of nitrogens with zero attached hydrogens (tertiary/aromatic N) is 2. The summed E-state index contributed by atoms with van der Waals surface area (Å²) in [4.78, 5) is 8.06. The minimum absolute atomic E-state index is 0.219. The first-order chi connectivity index (χ1) is 7.60. The highest BCUT2D eigenvalue weighted by atomic mass is 35.5. The van der Waals surface area contributed by atoms with Gasteiger partial charge in [-0.2, -0.15) is 4.98 Å². The molecule has 1 aromatic heterocycles. The van der Waals surface area contributed by atoms with Gasteiger partial charge in [-0.25, -0.2) is 4.98 Å². The van der Waals surface area contributed by atoms with Crippen LogP contribution in [0.2, 0.25) is 5.28 Å². The van der Waals surface area contributed by atoms with Gasteiger partial charge in [0.1, 0.15) is 0 Å². The molecule has 1 aliphatic carbocycles. The van der Waals surface area contributed by atoms with Gasteiger partial charge in [0.25, 0.3) is 0 Å². The van der Waals surface area contributed by atoms with Crippen molar-refractivity contribution in [2.45, 2.75) is 31.9 Å². The summed E-state index contributed by atoms with van der Waals surface area (Å²) in [6, 6.07) is 0.359. The van der Waals surface area contributed by atoms with E-state index < -0.39 is 0 Å². The van der Waals surface area contributed by atoms with Crippen LogP contribution in [0.5, 0.6) is 0 Å². The Kier molecular flexibility index (Phi) is 3.16. The number of nitrogens with one attached hydrogen (secondary N) is 1. The van der Waals surface area contributed by atoms with Crippen molar-refractivity contribution in [2.24, 2.45) is 0 Å². The molecule has 16 heavy (non-hydrogen) atoms. The Hall–Kier alpha value is -1.07. The Morgan fingerprint density at radius 3 is 2.75 bits per heavy atom. The number of rotatable bonds is 3. The number of halogens is 1. The first kappa shape index (κ1) is 11.4. The largest absolute Gasteiger partial charge is 0.394 e. The number of aromatic nitrogens is 2. The van der Waals surface area contributed by atoms with Gasteiger partial charge in [-0.1, -0.05) is 0 Å². The van der Waals surface area contributed by atoms with Crippen LogP contribution in [-0.4, -0.2) is 29.2 Å². The number of hydrogen-bond acceptors (Lipinski definition) is 5. The fraction of sp³-hybridized carbons (Fsp3) is 0.600. The molecular weight excluding hydrogens is 228 g/mol. The van der Waals surface area contributed by atoms with E-state index in [0.29, 0.717) is 29.3 Å². The molecule has 3 N–H and O–H groups in total. The van der Waals surface area contributed by atoms with Gasteiger partial charge in [-0.3, -0.25) is 0 Å². The van der Waals surface area contributed by atoms with Gasteiger partial charge >= 0.3 is 0 Å². The third kappa shape index (κ3) is 2.20. The van der Waals surface area contributed by atoms with Crippen molar-refractivity contribution in [2.75, 3.05) is 18.2 Å². The molecule has 0 atom stereocenters. The summed E-state index contributed by atoms with van der Waals surface area (Å²) in [6.07, 6.45) is 2.28. The number of methoxy groups -OCH3 is 1. The van der Waals surface area contributed by atoms with Gasteiger partial charge in [0.15, 0.2) is 5.82 Å². The molecule has 1 saturated carbocycles. The van der Waals surface area contributed by atoms with Gasteiger partial charge in [0.2, 0.25) is 5.28 Å². The van der Waals surface area contributed by atoms with Crippen molar-refractivity contribution in [3.63, 3.8) is 0 Å². The van der Waals surface area contributed by atoms with Crippen LogP contribution in [0, 0.1) is 6.92 Å². The summed E-state index contributed by atoms with van der Waals surface area (Å²) in [6.45, 7) is 1.81. The zero-order valence-corrected chi connectivity index (χ0v) is 10.1. The van der Waals surface area contributed by atoms with Crippen molar-refractivity contribution in [3.8, 4) is 0 Å². The maximum atomic E-state index is 5.87. The van der Waals surface area contributed by atoms with Gasteiger partial charge in [-0.05, 0) is 31.4 Å². The maximum Gasteiger partial charge on any atom is 0.224 e. The molecule has 2 rings (SSSR count). The van der Waals surface area contributed by atoms with Crippen molar-refractivity contribution in [1.82, 2.24) is 9.97 Å². The predicted octanol–water partition coefficient (Wildman–Crippen LogP) is 1.61. The molecule has 1 heterocycles. The minimum atomic E-state index is 0.219. The fourth-order valence-corrected chi connectivity index (χ4v) is 1.94. The Bertz CT molecular complexity index is 393. The molecule has 0 unspecified atom stereocenters. The number of nitrogens with two attached hydrogens (primary N) is 1. The van der Waals surface area contributed by atoms with E-state index in [1.165, 1.54) is 0 Å². The second kappa shape index (κ2) is 4.43. The SMILES string of the molecule is COC1CC(Nc2nc(Cl)nc(C)c2N)C1. The highest BCUT2D eigenvalue weighted by Crippen LogP contribution is 2.28.